The van der Waals surface area contributed by atoms with E-state index < -0.39 is 0 Å². The van der Waals surface area contributed by atoms with Gasteiger partial charge in [-0.15, -0.1) is 0 Å². The Morgan fingerprint density at radius 3 is 2.92 bits per heavy atom. The molecule has 2 aliphatic rings. The van der Waals surface area contributed by atoms with Crippen molar-refractivity contribution in [2.24, 2.45) is 12.5 Å². The summed E-state index contributed by atoms with van der Waals surface area (Å²) in [7, 11) is 1.87. The Bertz CT molecular complexity index is 715. The van der Waals surface area contributed by atoms with E-state index >= 15 is 0 Å². The predicted molar refractivity (Wildman–Crippen MR) is 89.9 cm³/mol. The molecule has 0 aromatic carbocycles. The molecule has 1 unspecified atom stereocenters. The summed E-state index contributed by atoms with van der Waals surface area (Å²) in [5.74, 6) is 0.939. The maximum atomic E-state index is 12.8. The zero-order chi connectivity index (χ0) is 16.6. The van der Waals surface area contributed by atoms with Crippen molar-refractivity contribution in [3.05, 3.63) is 17.1 Å². The van der Waals surface area contributed by atoms with Gasteiger partial charge in [0.2, 0.25) is 5.95 Å². The number of aryl methyl sites for hydroxylation is 1. The molecule has 2 saturated heterocycles. The highest BCUT2D eigenvalue weighted by Crippen LogP contribution is 2.39. The third kappa shape index (κ3) is 2.77. The van der Waals surface area contributed by atoms with Crippen LogP contribution in [-0.4, -0.2) is 61.6 Å². The topological polar surface area (TPSA) is 80.0 Å². The van der Waals surface area contributed by atoms with Crippen molar-refractivity contribution < 1.29 is 4.79 Å². The summed E-state index contributed by atoms with van der Waals surface area (Å²) in [6.45, 7) is 3.50. The van der Waals surface area contributed by atoms with Crippen LogP contribution in [0.5, 0.6) is 0 Å². The number of hydrogen-bond donors (Lipinski definition) is 0. The molecule has 4 rings (SSSR count). The van der Waals surface area contributed by atoms with E-state index in [-0.39, 0.29) is 11.3 Å². The van der Waals surface area contributed by atoms with E-state index in [4.69, 9.17) is 0 Å². The Morgan fingerprint density at radius 1 is 1.25 bits per heavy atom. The maximum Gasteiger partial charge on any atom is 0.265 e. The van der Waals surface area contributed by atoms with E-state index in [1.165, 1.54) is 11.5 Å². The van der Waals surface area contributed by atoms with Gasteiger partial charge in [-0.3, -0.25) is 4.79 Å². The Morgan fingerprint density at radius 2 is 2.17 bits per heavy atom. The first kappa shape index (κ1) is 15.5. The molecule has 2 aromatic heterocycles. The van der Waals surface area contributed by atoms with Gasteiger partial charge in [-0.25, -0.2) is 9.06 Å². The minimum absolute atomic E-state index is 0.123. The van der Waals surface area contributed by atoms with E-state index in [1.54, 1.807) is 10.9 Å². The van der Waals surface area contributed by atoms with Crippen LogP contribution in [0.25, 0.3) is 0 Å². The van der Waals surface area contributed by atoms with E-state index in [0.717, 1.165) is 62.7 Å². The van der Waals surface area contributed by atoms with Crippen LogP contribution in [0.4, 0.5) is 5.95 Å². The number of likely N-dealkylation sites (tertiary alicyclic amines) is 1. The molecule has 0 saturated carbocycles. The van der Waals surface area contributed by atoms with Crippen molar-refractivity contribution >= 4 is 23.4 Å². The van der Waals surface area contributed by atoms with Crippen LogP contribution in [-0.2, 0) is 7.05 Å². The number of carbonyl (C=O) groups is 1. The van der Waals surface area contributed by atoms with E-state index in [0.29, 0.717) is 0 Å². The van der Waals surface area contributed by atoms with Gasteiger partial charge < -0.3 is 9.80 Å². The highest BCUT2D eigenvalue weighted by molar-refractivity contribution is 7.08. The summed E-state index contributed by atoms with van der Waals surface area (Å²) in [5.41, 5.74) is 0.142. The molecule has 4 heterocycles. The number of hydrogen-bond acceptors (Lipinski definition) is 7. The fourth-order valence-electron chi connectivity index (χ4n) is 3.95. The number of aromatic nitrogens is 5. The van der Waals surface area contributed by atoms with E-state index in [2.05, 4.69) is 24.8 Å². The number of anilines is 1. The summed E-state index contributed by atoms with van der Waals surface area (Å²) < 4.78 is 5.79. The largest absolute Gasteiger partial charge is 0.339 e. The molecule has 9 heteroatoms. The molecule has 0 radical (unpaired) electrons. The van der Waals surface area contributed by atoms with Crippen LogP contribution in [0, 0.1) is 5.41 Å². The van der Waals surface area contributed by atoms with Gasteiger partial charge in [0, 0.05) is 44.8 Å². The highest BCUT2D eigenvalue weighted by atomic mass is 32.1. The zero-order valence-electron chi connectivity index (χ0n) is 13.8. The smallest absolute Gasteiger partial charge is 0.265 e. The summed E-state index contributed by atoms with van der Waals surface area (Å²) in [6.07, 6.45) is 6.16. The number of tetrazole rings is 1. The number of amides is 1. The van der Waals surface area contributed by atoms with Crippen molar-refractivity contribution in [1.29, 1.82) is 0 Å². The molecular formula is C15H21N7OS. The second-order valence-corrected chi connectivity index (χ2v) is 7.67. The molecule has 2 aliphatic heterocycles. The average molecular weight is 347 g/mol. The first-order chi connectivity index (χ1) is 11.7. The third-order valence-corrected chi connectivity index (χ3v) is 5.90. The molecular weight excluding hydrogens is 326 g/mol. The molecule has 128 valence electrons. The first-order valence-electron chi connectivity index (χ1n) is 8.34. The molecule has 24 heavy (non-hydrogen) atoms. The normalized spacial score (nSPS) is 24.5. The van der Waals surface area contributed by atoms with Gasteiger partial charge >= 0.3 is 0 Å². The maximum absolute atomic E-state index is 12.8. The molecule has 2 aromatic rings. The van der Waals surface area contributed by atoms with Crippen LogP contribution in [0.3, 0.4) is 0 Å². The zero-order valence-corrected chi connectivity index (χ0v) is 14.6. The third-order valence-electron chi connectivity index (χ3n) is 5.17. The van der Waals surface area contributed by atoms with Gasteiger partial charge in [0.1, 0.15) is 4.88 Å². The number of nitrogens with zero attached hydrogens (tertiary/aromatic N) is 7. The fourth-order valence-corrected chi connectivity index (χ4v) is 4.52. The summed E-state index contributed by atoms with van der Waals surface area (Å²) in [6, 6.07) is 1.82. The lowest BCUT2D eigenvalue weighted by Crippen LogP contribution is -2.41. The number of rotatable bonds is 2. The van der Waals surface area contributed by atoms with Crippen molar-refractivity contribution in [2.45, 2.75) is 25.7 Å². The van der Waals surface area contributed by atoms with Gasteiger partial charge in [-0.1, -0.05) is 11.5 Å². The average Bonchev–Trinajstić information content (AvgIpc) is 3.28. The molecule has 1 amide bonds. The lowest BCUT2D eigenvalue weighted by Gasteiger charge is -2.32. The summed E-state index contributed by atoms with van der Waals surface area (Å²) >= 11 is 1.28. The monoisotopic (exact) mass is 347 g/mol. The molecule has 2 fully saturated rings. The van der Waals surface area contributed by atoms with E-state index in [9.17, 15) is 4.79 Å². The van der Waals surface area contributed by atoms with Crippen LogP contribution < -0.4 is 4.90 Å². The Kier molecular flexibility index (Phi) is 3.95. The minimum Gasteiger partial charge on any atom is -0.339 e. The molecule has 0 N–H and O–H groups in total. The van der Waals surface area contributed by atoms with Crippen LogP contribution >= 0.6 is 11.5 Å². The lowest BCUT2D eigenvalue weighted by atomic mass is 9.82. The van der Waals surface area contributed by atoms with E-state index in [1.807, 2.05) is 18.0 Å². The molecule has 8 nitrogen and oxygen atoms in total. The van der Waals surface area contributed by atoms with Crippen LogP contribution in [0.1, 0.15) is 35.4 Å². The molecule has 1 spiro atoms. The first-order valence-corrected chi connectivity index (χ1v) is 9.12. The summed E-state index contributed by atoms with van der Waals surface area (Å²) in [5, 5.41) is 11.8. The lowest BCUT2D eigenvalue weighted by molar-refractivity contribution is 0.0701. The van der Waals surface area contributed by atoms with Crippen molar-refractivity contribution in [2.75, 3.05) is 31.1 Å². The van der Waals surface area contributed by atoms with Gasteiger partial charge in [-0.2, -0.15) is 0 Å². The van der Waals surface area contributed by atoms with Gasteiger partial charge in [-0.05, 0) is 47.3 Å². The van der Waals surface area contributed by atoms with Gasteiger partial charge in [0.25, 0.3) is 5.91 Å². The molecule has 1 atom stereocenters. The van der Waals surface area contributed by atoms with Crippen molar-refractivity contribution in [3.63, 3.8) is 0 Å². The second-order valence-electron chi connectivity index (χ2n) is 6.83. The van der Waals surface area contributed by atoms with Gasteiger partial charge in [0.05, 0.1) is 0 Å². The molecule has 0 aliphatic carbocycles. The van der Waals surface area contributed by atoms with Gasteiger partial charge in [0.15, 0.2) is 0 Å². The van der Waals surface area contributed by atoms with Crippen molar-refractivity contribution in [1.82, 2.24) is 29.5 Å². The predicted octanol–water partition coefficient (Wildman–Crippen LogP) is 1.19. The Hall–Kier alpha value is -2.03. The highest BCUT2D eigenvalue weighted by Gasteiger charge is 2.42. The SMILES string of the molecule is Cn1nnnc1N1CCC2(CCCCN(C(=O)c3ccns3)C2)C1. The Balaban J connectivity index is 1.52. The minimum atomic E-state index is 0.123. The summed E-state index contributed by atoms with van der Waals surface area (Å²) in [4.78, 5) is 17.8. The Labute approximate surface area is 144 Å². The van der Waals surface area contributed by atoms with Crippen LogP contribution in [0.15, 0.2) is 12.3 Å². The fraction of sp³-hybridized carbons (Fsp3) is 0.667. The standard InChI is InChI=1S/C15H21N7OS/c1-20-14(17-18-19-20)22-9-6-15(11-22)5-2-3-8-21(10-15)13(23)12-4-7-16-24-12/h4,7H,2-3,5-6,8-11H2,1H3. The number of carbonyl (C=O) groups excluding carboxylic acids is 1. The van der Waals surface area contributed by atoms with Crippen molar-refractivity contribution in [3.8, 4) is 0 Å². The molecule has 0 bridgehead atoms. The quantitative estimate of drug-likeness (QED) is 0.812. The second kappa shape index (κ2) is 6.12. The van der Waals surface area contributed by atoms with Crippen LogP contribution in [0.2, 0.25) is 0 Å².